The fourth-order valence-corrected chi connectivity index (χ4v) is 8.22. The number of aryl methyl sites for hydroxylation is 2. The highest BCUT2D eigenvalue weighted by Crippen LogP contribution is 2.60. The second kappa shape index (κ2) is 6.97. The topological polar surface area (TPSA) is 0 Å². The van der Waals surface area contributed by atoms with Crippen LogP contribution in [0, 0.1) is 13.8 Å². The van der Waals surface area contributed by atoms with E-state index in [2.05, 4.69) is 123 Å². The molecule has 9 aromatic rings. The number of hydrogen-bond acceptors (Lipinski definition) is 0. The van der Waals surface area contributed by atoms with Crippen molar-refractivity contribution >= 4 is 75.4 Å². The SMILES string of the molecule is Cc1cc2c(c3ccccc13)-c1c3ccccc3c3c4cccc5c(C)ccc(c54)c4c5ccccc5c-2c1c43. The van der Waals surface area contributed by atoms with E-state index < -0.39 is 0 Å². The number of fused-ring (bicyclic) bond motifs is 13. The van der Waals surface area contributed by atoms with Gasteiger partial charge in [0, 0.05) is 0 Å². The maximum atomic E-state index is 2.46. The third-order valence-electron chi connectivity index (χ3n) is 9.75. The van der Waals surface area contributed by atoms with Crippen LogP contribution in [0.2, 0.25) is 0 Å². The third kappa shape index (κ3) is 2.24. The van der Waals surface area contributed by atoms with Crippen LogP contribution < -0.4 is 0 Å². The minimum absolute atomic E-state index is 1.33. The molecule has 10 rings (SSSR count). The molecule has 0 atom stereocenters. The maximum Gasteiger partial charge on any atom is -0.0000708 e. The molecule has 0 nitrogen and oxygen atoms in total. The lowest BCUT2D eigenvalue weighted by Crippen LogP contribution is -1.92. The van der Waals surface area contributed by atoms with Gasteiger partial charge in [-0.05, 0) is 123 Å². The average molecular weight is 505 g/mol. The van der Waals surface area contributed by atoms with Gasteiger partial charge >= 0.3 is 0 Å². The minimum atomic E-state index is 1.33. The smallest absolute Gasteiger partial charge is 0.0000708 e. The number of rotatable bonds is 0. The van der Waals surface area contributed by atoms with Crippen molar-refractivity contribution in [1.82, 2.24) is 0 Å². The van der Waals surface area contributed by atoms with Crippen molar-refractivity contribution in [2.45, 2.75) is 13.8 Å². The van der Waals surface area contributed by atoms with Crippen molar-refractivity contribution in [1.29, 1.82) is 0 Å². The molecule has 0 radical (unpaired) electrons. The Morgan fingerprint density at radius 2 is 0.825 bits per heavy atom. The molecule has 0 unspecified atom stereocenters. The summed E-state index contributed by atoms with van der Waals surface area (Å²) in [5.41, 5.74) is 8.26. The van der Waals surface area contributed by atoms with Crippen molar-refractivity contribution < 1.29 is 0 Å². The molecule has 0 saturated heterocycles. The third-order valence-corrected chi connectivity index (χ3v) is 9.75. The Hall–Kier alpha value is -4.94. The predicted molar refractivity (Wildman–Crippen MR) is 174 cm³/mol. The molecular formula is C40H24. The maximum absolute atomic E-state index is 2.46. The first-order chi connectivity index (χ1) is 19.7. The summed E-state index contributed by atoms with van der Waals surface area (Å²) in [6.07, 6.45) is 0. The van der Waals surface area contributed by atoms with Gasteiger partial charge in [0.2, 0.25) is 0 Å². The molecule has 0 fully saturated rings. The van der Waals surface area contributed by atoms with Crippen molar-refractivity contribution in [3.63, 3.8) is 0 Å². The van der Waals surface area contributed by atoms with Crippen LogP contribution in [-0.2, 0) is 0 Å². The van der Waals surface area contributed by atoms with Crippen LogP contribution in [0.4, 0.5) is 0 Å². The van der Waals surface area contributed by atoms with Crippen LogP contribution in [0.5, 0.6) is 0 Å². The van der Waals surface area contributed by atoms with Crippen molar-refractivity contribution in [2.75, 3.05) is 0 Å². The van der Waals surface area contributed by atoms with Crippen molar-refractivity contribution in [2.24, 2.45) is 0 Å². The van der Waals surface area contributed by atoms with Gasteiger partial charge in [-0.15, -0.1) is 0 Å². The second-order valence-electron chi connectivity index (χ2n) is 11.7. The van der Waals surface area contributed by atoms with E-state index in [0.717, 1.165) is 0 Å². The first kappa shape index (κ1) is 21.0. The molecule has 0 aromatic heterocycles. The molecule has 40 heavy (non-hydrogen) atoms. The summed E-state index contributed by atoms with van der Waals surface area (Å²) in [6, 6.07) is 41.3. The zero-order valence-electron chi connectivity index (χ0n) is 22.4. The monoisotopic (exact) mass is 504 g/mol. The van der Waals surface area contributed by atoms with Crippen LogP contribution in [0.25, 0.3) is 97.7 Å². The predicted octanol–water partition coefficient (Wildman–Crippen LogP) is 11.5. The lowest BCUT2D eigenvalue weighted by atomic mass is 9.82. The largest absolute Gasteiger partial charge is 0.0616 e. The fourth-order valence-electron chi connectivity index (χ4n) is 8.22. The van der Waals surface area contributed by atoms with Gasteiger partial charge in [-0.2, -0.15) is 0 Å². The van der Waals surface area contributed by atoms with Crippen LogP contribution in [0.1, 0.15) is 11.1 Å². The summed E-state index contributed by atoms with van der Waals surface area (Å²) in [7, 11) is 0. The Labute approximate surface area is 231 Å². The molecule has 9 aromatic carbocycles. The molecule has 0 saturated carbocycles. The summed E-state index contributed by atoms with van der Waals surface area (Å²) in [4.78, 5) is 0. The Bertz CT molecular complexity index is 2580. The van der Waals surface area contributed by atoms with Gasteiger partial charge in [-0.3, -0.25) is 0 Å². The van der Waals surface area contributed by atoms with E-state index in [1.54, 1.807) is 0 Å². The summed E-state index contributed by atoms with van der Waals surface area (Å²) in [5.74, 6) is 0. The van der Waals surface area contributed by atoms with Crippen LogP contribution >= 0.6 is 0 Å². The van der Waals surface area contributed by atoms with Gasteiger partial charge < -0.3 is 0 Å². The van der Waals surface area contributed by atoms with Crippen LogP contribution in [0.15, 0.2) is 109 Å². The molecular weight excluding hydrogens is 480 g/mol. The number of hydrogen-bond donors (Lipinski definition) is 0. The Morgan fingerprint density at radius 3 is 1.52 bits per heavy atom. The second-order valence-corrected chi connectivity index (χ2v) is 11.7. The normalized spacial score (nSPS) is 12.8. The van der Waals surface area contributed by atoms with Crippen LogP contribution in [-0.4, -0.2) is 0 Å². The van der Waals surface area contributed by atoms with Crippen LogP contribution in [0.3, 0.4) is 0 Å². The summed E-state index contributed by atoms with van der Waals surface area (Å²) < 4.78 is 0. The van der Waals surface area contributed by atoms with Crippen molar-refractivity contribution in [3.05, 3.63) is 120 Å². The van der Waals surface area contributed by atoms with Gasteiger partial charge in [0.15, 0.2) is 0 Å². The molecule has 0 N–H and O–H groups in total. The molecule has 0 aliphatic heterocycles. The minimum Gasteiger partial charge on any atom is -0.0616 e. The summed E-state index contributed by atoms with van der Waals surface area (Å²) in [6.45, 7) is 4.51. The average Bonchev–Trinajstić information content (AvgIpc) is 3.35. The summed E-state index contributed by atoms with van der Waals surface area (Å²) >= 11 is 0. The zero-order chi connectivity index (χ0) is 26.3. The van der Waals surface area contributed by atoms with Gasteiger partial charge in [0.25, 0.3) is 0 Å². The highest BCUT2D eigenvalue weighted by Gasteiger charge is 2.31. The van der Waals surface area contributed by atoms with Gasteiger partial charge in [-0.1, -0.05) is 109 Å². The fraction of sp³-hybridized carbons (Fsp3) is 0.0500. The molecule has 1 aliphatic rings. The van der Waals surface area contributed by atoms with E-state index in [1.807, 2.05) is 0 Å². The molecule has 0 heteroatoms. The van der Waals surface area contributed by atoms with E-state index in [4.69, 9.17) is 0 Å². The first-order valence-electron chi connectivity index (χ1n) is 14.2. The Morgan fingerprint density at radius 1 is 0.300 bits per heavy atom. The van der Waals surface area contributed by atoms with E-state index in [9.17, 15) is 0 Å². The van der Waals surface area contributed by atoms with Crippen molar-refractivity contribution in [3.8, 4) is 22.3 Å². The summed E-state index contributed by atoms with van der Waals surface area (Å²) in [5, 5.41) is 19.2. The molecule has 0 spiro atoms. The highest BCUT2D eigenvalue weighted by atomic mass is 14.3. The van der Waals surface area contributed by atoms with E-state index >= 15 is 0 Å². The number of benzene rings is 9. The molecule has 0 amide bonds. The van der Waals surface area contributed by atoms with E-state index in [1.165, 1.54) is 109 Å². The van der Waals surface area contributed by atoms with Gasteiger partial charge in [0.1, 0.15) is 0 Å². The molecule has 1 aliphatic carbocycles. The Kier molecular flexibility index (Phi) is 3.65. The molecule has 0 heterocycles. The standard InChI is InChI=1S/C40H24/c1-21-18-19-31-33-24(21)16-9-17-30(33)34-28-14-7-8-15-29(28)38-36-25-11-4-3-10-23(25)22(2)20-32(36)37-27-13-6-5-12-26(27)35(31)39(34)40(37)38/h3-20H,1-2H3. The van der Waals surface area contributed by atoms with Gasteiger partial charge in [0.05, 0.1) is 0 Å². The lowest BCUT2D eigenvalue weighted by Gasteiger charge is -2.21. The quantitative estimate of drug-likeness (QED) is 0.142. The van der Waals surface area contributed by atoms with Gasteiger partial charge in [-0.25, -0.2) is 0 Å². The first-order valence-corrected chi connectivity index (χ1v) is 14.2. The highest BCUT2D eigenvalue weighted by molar-refractivity contribution is 6.49. The molecule has 0 bridgehead atoms. The van der Waals surface area contributed by atoms with E-state index in [-0.39, 0.29) is 0 Å². The Balaban J connectivity index is 1.66. The lowest BCUT2D eigenvalue weighted by molar-refractivity contribution is 1.54. The van der Waals surface area contributed by atoms with E-state index in [0.29, 0.717) is 0 Å². The zero-order valence-corrected chi connectivity index (χ0v) is 22.4. The molecule has 184 valence electrons.